The maximum atomic E-state index is 15.0. The zero-order chi connectivity index (χ0) is 20.8. The predicted octanol–water partition coefficient (Wildman–Crippen LogP) is 5.77. The molecule has 6 heteroatoms. The molecule has 3 rings (SSSR count). The first-order valence-corrected chi connectivity index (χ1v) is 10.8. The van der Waals surface area contributed by atoms with Crippen molar-refractivity contribution >= 4 is 34.7 Å². The first-order chi connectivity index (χ1) is 13.1. The Kier molecular flexibility index (Phi) is 5.63. The van der Waals surface area contributed by atoms with E-state index in [2.05, 4.69) is 32.6 Å². The number of rotatable bonds is 4. The summed E-state index contributed by atoms with van der Waals surface area (Å²) in [5.41, 5.74) is 2.38. The Bertz CT molecular complexity index is 847. The van der Waals surface area contributed by atoms with Gasteiger partial charge in [-0.3, -0.25) is 14.5 Å². The van der Waals surface area contributed by atoms with E-state index in [1.165, 1.54) is 11.0 Å². The Hall–Kier alpha value is -1.82. The number of carbonyl (C=O) groups is 2. The highest BCUT2D eigenvalue weighted by atomic mass is 32.2. The van der Waals surface area contributed by atoms with Crippen molar-refractivity contribution in [3.8, 4) is 0 Å². The maximum Gasteiger partial charge on any atom is 0.293 e. The van der Waals surface area contributed by atoms with Crippen LogP contribution in [0, 0.1) is 5.82 Å². The van der Waals surface area contributed by atoms with Gasteiger partial charge in [0, 0.05) is 29.4 Å². The summed E-state index contributed by atoms with van der Waals surface area (Å²) in [5, 5.41) is -0.297. The van der Waals surface area contributed by atoms with Gasteiger partial charge in [0.1, 0.15) is 5.82 Å². The molecule has 2 aliphatic rings. The van der Waals surface area contributed by atoms with Gasteiger partial charge in [-0.1, -0.05) is 13.8 Å². The normalized spacial score (nSPS) is 23.1. The van der Waals surface area contributed by atoms with Crippen LogP contribution in [0.4, 0.5) is 14.9 Å². The fourth-order valence-corrected chi connectivity index (χ4v) is 5.30. The second-order valence-electron chi connectivity index (χ2n) is 8.65. The van der Waals surface area contributed by atoms with Gasteiger partial charge in [0.25, 0.3) is 11.1 Å². The molecule has 1 aromatic rings. The Labute approximate surface area is 171 Å². The van der Waals surface area contributed by atoms with Crippen molar-refractivity contribution in [2.45, 2.75) is 71.9 Å². The smallest absolute Gasteiger partial charge is 0.293 e. The largest absolute Gasteiger partial charge is 0.366 e. The van der Waals surface area contributed by atoms with E-state index in [0.29, 0.717) is 5.56 Å². The van der Waals surface area contributed by atoms with Crippen LogP contribution in [-0.2, 0) is 4.79 Å². The van der Waals surface area contributed by atoms with E-state index in [9.17, 15) is 9.59 Å². The average molecular weight is 405 g/mol. The standard InChI is InChI=1S/C22H29FN2O2S/c1-7-8-24-18-11-17(23)15(9-16(18)14(4)12-22(24,5)6)10-19-20(26)25(13(2)3)21(27)28-19/h9-11,13-14H,7-8,12H2,1-6H3/b19-10+. The Balaban J connectivity index is 2.04. The van der Waals surface area contributed by atoms with Crippen LogP contribution < -0.4 is 4.90 Å². The Morgan fingerprint density at radius 3 is 2.57 bits per heavy atom. The highest BCUT2D eigenvalue weighted by molar-refractivity contribution is 8.18. The van der Waals surface area contributed by atoms with Crippen molar-refractivity contribution in [3.63, 3.8) is 0 Å². The van der Waals surface area contributed by atoms with Gasteiger partial charge < -0.3 is 4.90 Å². The molecule has 28 heavy (non-hydrogen) atoms. The molecule has 0 bridgehead atoms. The molecule has 0 N–H and O–H groups in total. The summed E-state index contributed by atoms with van der Waals surface area (Å²) < 4.78 is 15.0. The van der Waals surface area contributed by atoms with Gasteiger partial charge in [-0.15, -0.1) is 0 Å². The third-order valence-electron chi connectivity index (χ3n) is 5.58. The summed E-state index contributed by atoms with van der Waals surface area (Å²) in [6.07, 6.45) is 3.50. The van der Waals surface area contributed by atoms with Crippen molar-refractivity contribution in [2.75, 3.05) is 11.4 Å². The van der Waals surface area contributed by atoms with Gasteiger partial charge in [-0.05, 0) is 82.0 Å². The number of benzene rings is 1. The number of carbonyl (C=O) groups excluding carboxylic acids is 2. The molecule has 0 spiro atoms. The van der Waals surface area contributed by atoms with Gasteiger partial charge in [-0.2, -0.15) is 0 Å². The number of imide groups is 1. The summed E-state index contributed by atoms with van der Waals surface area (Å²) in [4.78, 5) is 28.4. The number of halogens is 1. The molecule has 1 atom stereocenters. The topological polar surface area (TPSA) is 40.6 Å². The van der Waals surface area contributed by atoms with E-state index in [-0.39, 0.29) is 39.4 Å². The van der Waals surface area contributed by atoms with E-state index >= 15 is 4.39 Å². The molecule has 0 aromatic heterocycles. The monoisotopic (exact) mass is 404 g/mol. The maximum absolute atomic E-state index is 15.0. The first kappa shape index (κ1) is 20.9. The van der Waals surface area contributed by atoms with Crippen LogP contribution in [-0.4, -0.2) is 34.2 Å². The van der Waals surface area contributed by atoms with Crippen molar-refractivity contribution in [2.24, 2.45) is 0 Å². The average Bonchev–Trinajstić information content (AvgIpc) is 2.86. The van der Waals surface area contributed by atoms with Crippen molar-refractivity contribution in [3.05, 3.63) is 34.0 Å². The lowest BCUT2D eigenvalue weighted by Crippen LogP contribution is -2.48. The quantitative estimate of drug-likeness (QED) is 0.597. The van der Waals surface area contributed by atoms with Crippen molar-refractivity contribution in [1.29, 1.82) is 0 Å². The molecule has 0 radical (unpaired) electrons. The zero-order valence-electron chi connectivity index (χ0n) is 17.5. The van der Waals surface area contributed by atoms with Crippen LogP contribution in [0.15, 0.2) is 17.0 Å². The summed E-state index contributed by atoms with van der Waals surface area (Å²) in [7, 11) is 0. The van der Waals surface area contributed by atoms with Crippen LogP contribution in [0.1, 0.15) is 71.4 Å². The van der Waals surface area contributed by atoms with Crippen molar-refractivity contribution in [1.82, 2.24) is 4.90 Å². The minimum Gasteiger partial charge on any atom is -0.366 e. The zero-order valence-corrected chi connectivity index (χ0v) is 18.3. The predicted molar refractivity (Wildman–Crippen MR) is 114 cm³/mol. The molecule has 1 aromatic carbocycles. The highest BCUT2D eigenvalue weighted by Gasteiger charge is 2.38. The Morgan fingerprint density at radius 2 is 2.00 bits per heavy atom. The lowest BCUT2D eigenvalue weighted by atomic mass is 9.79. The second-order valence-corrected chi connectivity index (χ2v) is 9.64. The summed E-state index contributed by atoms with van der Waals surface area (Å²) >= 11 is 0.882. The SMILES string of the molecule is CCCN1c2cc(F)c(/C=C3/SC(=O)N(C(C)C)C3=O)cc2C(C)CC1(C)C. The molecular formula is C22H29FN2O2S. The summed E-state index contributed by atoms with van der Waals surface area (Å²) in [5.74, 6) is -0.415. The fourth-order valence-electron chi connectivity index (χ4n) is 4.34. The molecule has 1 fully saturated rings. The number of fused-ring (bicyclic) bond motifs is 1. The van der Waals surface area contributed by atoms with Gasteiger partial charge >= 0.3 is 0 Å². The first-order valence-electron chi connectivity index (χ1n) is 9.95. The number of nitrogens with zero attached hydrogens (tertiary/aromatic N) is 2. The van der Waals surface area contributed by atoms with E-state index in [1.807, 2.05) is 6.07 Å². The van der Waals surface area contributed by atoms with Gasteiger partial charge in [-0.25, -0.2) is 4.39 Å². The van der Waals surface area contributed by atoms with Gasteiger partial charge in [0.05, 0.1) is 4.91 Å². The molecule has 2 aliphatic heterocycles. The molecule has 0 saturated carbocycles. The molecule has 1 unspecified atom stereocenters. The number of amides is 2. The Morgan fingerprint density at radius 1 is 1.32 bits per heavy atom. The lowest BCUT2D eigenvalue weighted by Gasteiger charge is -2.47. The van der Waals surface area contributed by atoms with E-state index in [0.717, 1.165) is 42.4 Å². The minimum absolute atomic E-state index is 0.0314. The van der Waals surface area contributed by atoms with E-state index in [1.54, 1.807) is 19.9 Å². The molecule has 0 aliphatic carbocycles. The van der Waals surface area contributed by atoms with Crippen molar-refractivity contribution < 1.29 is 14.0 Å². The molecule has 152 valence electrons. The van der Waals surface area contributed by atoms with Crippen LogP contribution >= 0.6 is 11.8 Å². The third-order valence-corrected chi connectivity index (χ3v) is 6.46. The number of thioether (sulfide) groups is 1. The summed E-state index contributed by atoms with van der Waals surface area (Å²) in [6, 6.07) is 3.24. The highest BCUT2D eigenvalue weighted by Crippen LogP contribution is 2.45. The van der Waals surface area contributed by atoms with Crippen LogP contribution in [0.3, 0.4) is 0 Å². The van der Waals surface area contributed by atoms with E-state index < -0.39 is 0 Å². The molecule has 4 nitrogen and oxygen atoms in total. The molecule has 2 heterocycles. The van der Waals surface area contributed by atoms with Crippen LogP contribution in [0.2, 0.25) is 0 Å². The summed E-state index contributed by atoms with van der Waals surface area (Å²) in [6.45, 7) is 13.2. The lowest BCUT2D eigenvalue weighted by molar-refractivity contribution is -0.123. The molecule has 1 saturated heterocycles. The van der Waals surface area contributed by atoms with E-state index in [4.69, 9.17) is 0 Å². The van der Waals surface area contributed by atoms with Crippen LogP contribution in [0.5, 0.6) is 0 Å². The van der Waals surface area contributed by atoms with Gasteiger partial charge in [0.15, 0.2) is 0 Å². The number of hydrogen-bond donors (Lipinski definition) is 0. The molecular weight excluding hydrogens is 375 g/mol. The fraction of sp³-hybridized carbons (Fsp3) is 0.545. The number of hydrogen-bond acceptors (Lipinski definition) is 4. The van der Waals surface area contributed by atoms with Crippen LogP contribution in [0.25, 0.3) is 6.08 Å². The minimum atomic E-state index is -0.360. The number of anilines is 1. The molecule has 2 amide bonds. The second kappa shape index (κ2) is 7.54. The van der Waals surface area contributed by atoms with Gasteiger partial charge in [0.2, 0.25) is 0 Å². The third kappa shape index (κ3) is 3.59.